The van der Waals surface area contributed by atoms with Crippen molar-refractivity contribution in [3.8, 4) is 5.88 Å². The number of ether oxygens (including phenoxy) is 2. The summed E-state index contributed by atoms with van der Waals surface area (Å²) in [5.41, 5.74) is 2.18. The molecular formula is C21H28N4O2. The Balaban J connectivity index is 1.56. The summed E-state index contributed by atoms with van der Waals surface area (Å²) in [6.45, 7) is 2.91. The van der Waals surface area contributed by atoms with Gasteiger partial charge in [-0.2, -0.15) is 4.98 Å². The first-order chi connectivity index (χ1) is 13.2. The first kappa shape index (κ1) is 18.2. The second kappa shape index (κ2) is 8.23. The van der Waals surface area contributed by atoms with E-state index in [0.29, 0.717) is 18.5 Å². The van der Waals surface area contributed by atoms with E-state index >= 15 is 0 Å². The third-order valence-corrected chi connectivity index (χ3v) is 5.50. The summed E-state index contributed by atoms with van der Waals surface area (Å²) in [6.07, 6.45) is 5.59. The lowest BCUT2D eigenvalue weighted by Crippen LogP contribution is -2.37. The molecule has 0 saturated heterocycles. The van der Waals surface area contributed by atoms with Gasteiger partial charge >= 0.3 is 0 Å². The van der Waals surface area contributed by atoms with Gasteiger partial charge in [0.25, 0.3) is 0 Å². The Morgan fingerprint density at radius 1 is 1.26 bits per heavy atom. The predicted molar refractivity (Wildman–Crippen MR) is 105 cm³/mol. The molecule has 144 valence electrons. The quantitative estimate of drug-likeness (QED) is 0.781. The van der Waals surface area contributed by atoms with Crippen LogP contribution in [-0.4, -0.2) is 54.3 Å². The largest absolute Gasteiger partial charge is 0.469 e. The van der Waals surface area contributed by atoms with Crippen LogP contribution in [-0.2, 0) is 17.8 Å². The maximum absolute atomic E-state index is 6.22. The molecule has 0 N–H and O–H groups in total. The highest BCUT2D eigenvalue weighted by molar-refractivity contribution is 5.41. The van der Waals surface area contributed by atoms with E-state index in [4.69, 9.17) is 19.4 Å². The zero-order valence-corrected chi connectivity index (χ0v) is 16.2. The van der Waals surface area contributed by atoms with Gasteiger partial charge in [-0.05, 0) is 24.8 Å². The van der Waals surface area contributed by atoms with Crippen LogP contribution in [0, 0.1) is 0 Å². The van der Waals surface area contributed by atoms with E-state index in [1.54, 1.807) is 7.11 Å². The average Bonchev–Trinajstić information content (AvgIpc) is 2.79. The van der Waals surface area contributed by atoms with E-state index in [0.717, 1.165) is 31.1 Å². The summed E-state index contributed by atoms with van der Waals surface area (Å²) in [5.74, 6) is 1.54. The lowest BCUT2D eigenvalue weighted by atomic mass is 9.92. The molecule has 2 heterocycles. The summed E-state index contributed by atoms with van der Waals surface area (Å²) in [4.78, 5) is 14.1. The number of nitrogens with zero attached hydrogens (tertiary/aromatic N) is 4. The summed E-state index contributed by atoms with van der Waals surface area (Å²) < 4.78 is 11.6. The van der Waals surface area contributed by atoms with Gasteiger partial charge in [-0.3, -0.25) is 9.88 Å². The van der Waals surface area contributed by atoms with Crippen LogP contribution in [0.4, 0.5) is 5.82 Å². The van der Waals surface area contributed by atoms with Crippen molar-refractivity contribution >= 4 is 5.82 Å². The predicted octanol–water partition coefficient (Wildman–Crippen LogP) is 2.87. The van der Waals surface area contributed by atoms with Crippen LogP contribution in [0.1, 0.15) is 30.5 Å². The molecule has 1 fully saturated rings. The van der Waals surface area contributed by atoms with Gasteiger partial charge in [0.15, 0.2) is 5.82 Å². The van der Waals surface area contributed by atoms with Crippen molar-refractivity contribution in [3.63, 3.8) is 0 Å². The summed E-state index contributed by atoms with van der Waals surface area (Å²) in [5, 5.41) is 0. The fraction of sp³-hybridized carbons (Fsp3) is 0.524. The molecule has 1 aromatic carbocycles. The van der Waals surface area contributed by atoms with E-state index in [1.807, 2.05) is 12.3 Å². The Morgan fingerprint density at radius 3 is 2.78 bits per heavy atom. The highest BCUT2D eigenvalue weighted by Gasteiger charge is 2.28. The summed E-state index contributed by atoms with van der Waals surface area (Å²) in [6, 6.07) is 11.1. The van der Waals surface area contributed by atoms with E-state index in [1.165, 1.54) is 24.8 Å². The molecule has 27 heavy (non-hydrogen) atoms. The molecule has 2 aliphatic rings. The summed E-state index contributed by atoms with van der Waals surface area (Å²) >= 11 is 0. The maximum Gasteiger partial charge on any atom is 0.239 e. The minimum absolute atomic E-state index is 0.0569. The van der Waals surface area contributed by atoms with Crippen molar-refractivity contribution in [2.45, 2.75) is 44.5 Å². The van der Waals surface area contributed by atoms with Crippen LogP contribution in [0.5, 0.6) is 5.88 Å². The van der Waals surface area contributed by atoms with Gasteiger partial charge < -0.3 is 14.4 Å². The monoisotopic (exact) mass is 368 g/mol. The third-order valence-electron chi connectivity index (χ3n) is 5.50. The fourth-order valence-corrected chi connectivity index (χ4v) is 3.72. The molecule has 2 aromatic rings. The molecule has 1 saturated carbocycles. The van der Waals surface area contributed by atoms with Crippen LogP contribution >= 0.6 is 0 Å². The average molecular weight is 368 g/mol. The first-order valence-electron chi connectivity index (χ1n) is 9.73. The molecule has 0 amide bonds. The molecule has 1 atom stereocenters. The van der Waals surface area contributed by atoms with Gasteiger partial charge in [-0.1, -0.05) is 30.3 Å². The molecule has 0 bridgehead atoms. The van der Waals surface area contributed by atoms with Crippen molar-refractivity contribution in [2.24, 2.45) is 0 Å². The van der Waals surface area contributed by atoms with Crippen LogP contribution in [0.25, 0.3) is 0 Å². The van der Waals surface area contributed by atoms with Gasteiger partial charge in [0, 0.05) is 39.8 Å². The van der Waals surface area contributed by atoms with Gasteiger partial charge in [0.2, 0.25) is 5.88 Å². The maximum atomic E-state index is 6.22. The lowest BCUT2D eigenvalue weighted by molar-refractivity contribution is 0.0565. The lowest BCUT2D eigenvalue weighted by Gasteiger charge is -2.35. The Morgan fingerprint density at radius 2 is 2.07 bits per heavy atom. The SMILES string of the molecule is COC[C@H]1CN(Cc2ccccc2)Cc2ncc(N(C)C3CCC3)nc2O1. The van der Waals surface area contributed by atoms with Crippen molar-refractivity contribution < 1.29 is 9.47 Å². The van der Waals surface area contributed by atoms with Crippen molar-refractivity contribution in [1.82, 2.24) is 14.9 Å². The number of aromatic nitrogens is 2. The minimum Gasteiger partial charge on any atom is -0.469 e. The Bertz CT molecular complexity index is 751. The molecule has 0 radical (unpaired) electrons. The highest BCUT2D eigenvalue weighted by Crippen LogP contribution is 2.30. The molecule has 4 rings (SSSR count). The molecule has 0 spiro atoms. The number of fused-ring (bicyclic) bond motifs is 1. The van der Waals surface area contributed by atoms with Crippen molar-refractivity contribution in [3.05, 3.63) is 47.8 Å². The van der Waals surface area contributed by atoms with E-state index in [2.05, 4.69) is 41.1 Å². The molecular weight excluding hydrogens is 340 g/mol. The van der Waals surface area contributed by atoms with Gasteiger partial charge in [0.1, 0.15) is 11.8 Å². The smallest absolute Gasteiger partial charge is 0.239 e. The molecule has 0 unspecified atom stereocenters. The highest BCUT2D eigenvalue weighted by atomic mass is 16.5. The third kappa shape index (κ3) is 4.22. The minimum atomic E-state index is -0.0569. The number of benzene rings is 1. The van der Waals surface area contributed by atoms with E-state index in [-0.39, 0.29) is 6.10 Å². The second-order valence-corrected chi connectivity index (χ2v) is 7.53. The first-order valence-corrected chi connectivity index (χ1v) is 9.73. The van der Waals surface area contributed by atoms with Gasteiger partial charge in [-0.15, -0.1) is 0 Å². The van der Waals surface area contributed by atoms with Crippen LogP contribution in [0.2, 0.25) is 0 Å². The zero-order chi connectivity index (χ0) is 18.6. The fourth-order valence-electron chi connectivity index (χ4n) is 3.72. The van der Waals surface area contributed by atoms with Crippen LogP contribution < -0.4 is 9.64 Å². The molecule has 6 nitrogen and oxygen atoms in total. The van der Waals surface area contributed by atoms with Crippen molar-refractivity contribution in [2.75, 3.05) is 32.2 Å². The second-order valence-electron chi connectivity index (χ2n) is 7.53. The van der Waals surface area contributed by atoms with Gasteiger partial charge in [-0.25, -0.2) is 0 Å². The van der Waals surface area contributed by atoms with Gasteiger partial charge in [0.05, 0.1) is 12.8 Å². The molecule has 6 heteroatoms. The van der Waals surface area contributed by atoms with Crippen LogP contribution in [0.15, 0.2) is 36.5 Å². The van der Waals surface area contributed by atoms with Crippen molar-refractivity contribution in [1.29, 1.82) is 0 Å². The van der Waals surface area contributed by atoms with E-state index in [9.17, 15) is 0 Å². The van der Waals surface area contributed by atoms with E-state index < -0.39 is 0 Å². The van der Waals surface area contributed by atoms with Crippen LogP contribution in [0.3, 0.4) is 0 Å². The number of anilines is 1. The molecule has 1 aliphatic heterocycles. The number of rotatable bonds is 6. The number of methoxy groups -OCH3 is 1. The Kier molecular flexibility index (Phi) is 5.55. The Labute approximate surface area is 161 Å². The number of hydrogen-bond acceptors (Lipinski definition) is 6. The standard InChI is InChI=1S/C21H28N4O2/c1-24(17-9-6-10-17)20-11-22-19-14-25(12-16-7-4-3-5-8-16)13-18(15-26-2)27-21(19)23-20/h3-5,7-8,11,17-18H,6,9-10,12-15H2,1-2H3/t18-/m1/s1. The number of hydrogen-bond donors (Lipinski definition) is 0. The Hall–Kier alpha value is -2.18. The summed E-state index contributed by atoms with van der Waals surface area (Å²) in [7, 11) is 3.81. The topological polar surface area (TPSA) is 50.7 Å². The molecule has 1 aliphatic carbocycles. The zero-order valence-electron chi connectivity index (χ0n) is 16.2. The molecule has 1 aromatic heterocycles. The normalized spacial score (nSPS) is 20.3.